The number of benzene rings is 2. The van der Waals surface area contributed by atoms with Gasteiger partial charge in [-0.25, -0.2) is 4.90 Å². The summed E-state index contributed by atoms with van der Waals surface area (Å²) in [6, 6.07) is 13.4. The number of hydrogen-bond donors (Lipinski definition) is 0. The van der Waals surface area contributed by atoms with E-state index in [0.29, 0.717) is 11.4 Å². The first kappa shape index (κ1) is 16.5. The molecule has 24 heavy (non-hydrogen) atoms. The molecule has 6 heteroatoms. The minimum atomic E-state index is -0.436. The summed E-state index contributed by atoms with van der Waals surface area (Å²) < 4.78 is 4.58. The number of nitrogens with zero attached hydrogens (tertiary/aromatic N) is 1. The number of esters is 1. The maximum Gasteiger partial charge on any atom is 0.306 e. The van der Waals surface area contributed by atoms with Gasteiger partial charge in [0, 0.05) is 12.2 Å². The van der Waals surface area contributed by atoms with Crippen molar-refractivity contribution in [3.05, 3.63) is 42.5 Å². The lowest BCUT2D eigenvalue weighted by Crippen LogP contribution is -2.31. The Bertz CT molecular complexity index is 804. The first-order valence-corrected chi connectivity index (χ1v) is 8.69. The Morgan fingerprint density at radius 1 is 1.21 bits per heavy atom. The van der Waals surface area contributed by atoms with E-state index in [1.165, 1.54) is 23.8 Å². The summed E-state index contributed by atoms with van der Waals surface area (Å²) in [6.45, 7) is 0. The van der Waals surface area contributed by atoms with Crippen LogP contribution in [0.5, 0.6) is 0 Å². The summed E-state index contributed by atoms with van der Waals surface area (Å²) in [7, 11) is 1.33. The number of amides is 2. The summed E-state index contributed by atoms with van der Waals surface area (Å²) >= 11 is 1.33. The highest BCUT2D eigenvalue weighted by Crippen LogP contribution is 2.31. The van der Waals surface area contributed by atoms with Gasteiger partial charge in [-0.1, -0.05) is 30.3 Å². The fraction of sp³-hybridized carbons (Fsp3) is 0.278. The number of methoxy groups -OCH3 is 1. The molecule has 1 saturated heterocycles. The smallest absolute Gasteiger partial charge is 0.306 e. The lowest BCUT2D eigenvalue weighted by Gasteiger charge is -2.15. The van der Waals surface area contributed by atoms with E-state index in [-0.39, 0.29) is 30.6 Å². The third kappa shape index (κ3) is 3.28. The van der Waals surface area contributed by atoms with E-state index in [2.05, 4.69) is 4.74 Å². The molecule has 0 N–H and O–H groups in total. The first-order valence-electron chi connectivity index (χ1n) is 7.64. The van der Waals surface area contributed by atoms with Crippen molar-refractivity contribution in [2.45, 2.75) is 18.1 Å². The molecule has 1 aliphatic rings. The second kappa shape index (κ2) is 7.05. The molecule has 1 unspecified atom stereocenters. The number of rotatable bonds is 5. The number of imide groups is 1. The normalized spacial score (nSPS) is 17.5. The number of anilines is 1. The van der Waals surface area contributed by atoms with Crippen LogP contribution in [-0.4, -0.2) is 35.9 Å². The standard InChI is InChI=1S/C18H17NO4S/c1-23-17(21)8-9-24-15-11-16(20)19(18(15)22)14-7-6-12-4-2-3-5-13(12)10-14/h2-7,10,15H,8-9,11H2,1H3. The Kier molecular flexibility index (Phi) is 4.85. The molecule has 1 fully saturated rings. The van der Waals surface area contributed by atoms with Gasteiger partial charge in [0.1, 0.15) is 0 Å². The van der Waals surface area contributed by atoms with Crippen molar-refractivity contribution < 1.29 is 19.1 Å². The van der Waals surface area contributed by atoms with Crippen molar-refractivity contribution in [1.82, 2.24) is 0 Å². The van der Waals surface area contributed by atoms with E-state index < -0.39 is 5.25 Å². The van der Waals surface area contributed by atoms with Gasteiger partial charge in [-0.2, -0.15) is 0 Å². The SMILES string of the molecule is COC(=O)CCSC1CC(=O)N(c2ccc3ccccc3c2)C1=O. The molecule has 0 saturated carbocycles. The average molecular weight is 343 g/mol. The van der Waals surface area contributed by atoms with Gasteiger partial charge in [0.2, 0.25) is 11.8 Å². The predicted molar refractivity (Wildman–Crippen MR) is 93.9 cm³/mol. The highest BCUT2D eigenvalue weighted by atomic mass is 32.2. The molecule has 124 valence electrons. The zero-order valence-corrected chi connectivity index (χ0v) is 14.0. The largest absolute Gasteiger partial charge is 0.469 e. The number of ether oxygens (including phenoxy) is 1. The molecule has 2 aromatic rings. The van der Waals surface area contributed by atoms with E-state index in [0.717, 1.165) is 10.8 Å². The molecule has 3 rings (SSSR count). The third-order valence-corrected chi connectivity index (χ3v) is 5.16. The van der Waals surface area contributed by atoms with Crippen molar-refractivity contribution in [3.63, 3.8) is 0 Å². The van der Waals surface area contributed by atoms with E-state index in [1.807, 2.05) is 36.4 Å². The van der Waals surface area contributed by atoms with Crippen molar-refractivity contribution in [2.75, 3.05) is 17.8 Å². The van der Waals surface area contributed by atoms with E-state index in [4.69, 9.17) is 0 Å². The van der Waals surface area contributed by atoms with Gasteiger partial charge in [-0.3, -0.25) is 14.4 Å². The summed E-state index contributed by atoms with van der Waals surface area (Å²) in [5, 5.41) is 1.61. The van der Waals surface area contributed by atoms with E-state index >= 15 is 0 Å². The Balaban J connectivity index is 1.74. The third-order valence-electron chi connectivity index (χ3n) is 3.95. The summed E-state index contributed by atoms with van der Waals surface area (Å²) in [6.07, 6.45) is 0.395. The molecular formula is C18H17NO4S. The highest BCUT2D eigenvalue weighted by Gasteiger charge is 2.39. The van der Waals surface area contributed by atoms with Crippen molar-refractivity contribution in [1.29, 1.82) is 0 Å². The van der Waals surface area contributed by atoms with Crippen molar-refractivity contribution in [2.24, 2.45) is 0 Å². The average Bonchev–Trinajstić information content (AvgIpc) is 2.88. The monoisotopic (exact) mass is 343 g/mol. The molecule has 0 radical (unpaired) electrons. The van der Waals surface area contributed by atoms with E-state index in [9.17, 15) is 14.4 Å². The van der Waals surface area contributed by atoms with Crippen molar-refractivity contribution in [3.8, 4) is 0 Å². The van der Waals surface area contributed by atoms with Crippen molar-refractivity contribution >= 4 is 46.0 Å². The maximum absolute atomic E-state index is 12.6. The van der Waals surface area contributed by atoms with Gasteiger partial charge in [0.25, 0.3) is 0 Å². The molecule has 0 bridgehead atoms. The highest BCUT2D eigenvalue weighted by molar-refractivity contribution is 8.00. The van der Waals surface area contributed by atoms with Crippen LogP contribution >= 0.6 is 11.8 Å². The number of fused-ring (bicyclic) bond motifs is 1. The van der Waals surface area contributed by atoms with Gasteiger partial charge < -0.3 is 4.74 Å². The van der Waals surface area contributed by atoms with Crippen LogP contribution in [0.1, 0.15) is 12.8 Å². The molecule has 0 spiro atoms. The Hall–Kier alpha value is -2.34. The molecule has 1 aliphatic heterocycles. The second-order valence-corrected chi connectivity index (χ2v) is 6.80. The Morgan fingerprint density at radius 2 is 1.96 bits per heavy atom. The Labute approximate surface area is 144 Å². The molecule has 1 atom stereocenters. The molecule has 0 aliphatic carbocycles. The van der Waals surface area contributed by atoms with Crippen LogP contribution < -0.4 is 4.90 Å². The van der Waals surface area contributed by atoms with Crippen LogP contribution in [-0.2, 0) is 19.1 Å². The van der Waals surface area contributed by atoms with Crippen LogP contribution in [0.3, 0.4) is 0 Å². The zero-order chi connectivity index (χ0) is 17.1. The van der Waals surface area contributed by atoms with Crippen LogP contribution in [0, 0.1) is 0 Å². The number of hydrogen-bond acceptors (Lipinski definition) is 5. The van der Waals surface area contributed by atoms with Gasteiger partial charge in [-0.05, 0) is 22.9 Å². The lowest BCUT2D eigenvalue weighted by molar-refractivity contribution is -0.140. The quantitative estimate of drug-likeness (QED) is 0.617. The zero-order valence-electron chi connectivity index (χ0n) is 13.2. The number of carbonyl (C=O) groups excluding carboxylic acids is 3. The van der Waals surface area contributed by atoms with Crippen LogP contribution in [0.15, 0.2) is 42.5 Å². The number of thioether (sulfide) groups is 1. The maximum atomic E-state index is 12.6. The minimum absolute atomic E-state index is 0.164. The van der Waals surface area contributed by atoms with Crippen LogP contribution in [0.4, 0.5) is 5.69 Å². The van der Waals surface area contributed by atoms with E-state index in [1.54, 1.807) is 6.07 Å². The van der Waals surface area contributed by atoms with Gasteiger partial charge in [-0.15, -0.1) is 11.8 Å². The van der Waals surface area contributed by atoms with Gasteiger partial charge in [0.15, 0.2) is 0 Å². The molecule has 5 nitrogen and oxygen atoms in total. The first-order chi connectivity index (χ1) is 11.6. The summed E-state index contributed by atoms with van der Waals surface area (Å²) in [4.78, 5) is 37.2. The fourth-order valence-electron chi connectivity index (χ4n) is 2.71. The molecule has 0 aromatic heterocycles. The second-order valence-electron chi connectivity index (χ2n) is 5.49. The van der Waals surface area contributed by atoms with Crippen LogP contribution in [0.2, 0.25) is 0 Å². The Morgan fingerprint density at radius 3 is 2.71 bits per heavy atom. The fourth-order valence-corrected chi connectivity index (χ4v) is 3.79. The molecule has 2 aromatic carbocycles. The molecule has 2 amide bonds. The predicted octanol–water partition coefficient (Wildman–Crippen LogP) is 2.77. The number of carbonyl (C=O) groups is 3. The summed E-state index contributed by atoms with van der Waals surface area (Å²) in [5.74, 6) is -0.274. The molecular weight excluding hydrogens is 326 g/mol. The minimum Gasteiger partial charge on any atom is -0.469 e. The molecule has 1 heterocycles. The van der Waals surface area contributed by atoms with Gasteiger partial charge in [0.05, 0.1) is 24.5 Å². The summed E-state index contributed by atoms with van der Waals surface area (Å²) in [5.41, 5.74) is 0.597. The topological polar surface area (TPSA) is 63.7 Å². The van der Waals surface area contributed by atoms with Crippen LogP contribution in [0.25, 0.3) is 10.8 Å². The van der Waals surface area contributed by atoms with Gasteiger partial charge >= 0.3 is 5.97 Å². The lowest BCUT2D eigenvalue weighted by atomic mass is 10.1.